The molecule has 0 aromatic heterocycles. The van der Waals surface area contributed by atoms with Crippen molar-refractivity contribution in [2.45, 2.75) is 18.9 Å². The zero-order chi connectivity index (χ0) is 16.4. The molecule has 22 heavy (non-hydrogen) atoms. The molecule has 0 aliphatic heterocycles. The van der Waals surface area contributed by atoms with Gasteiger partial charge in [-0.3, -0.25) is 4.79 Å². The van der Waals surface area contributed by atoms with Crippen LogP contribution in [-0.4, -0.2) is 44.4 Å². The molecule has 0 saturated heterocycles. The van der Waals surface area contributed by atoms with Crippen molar-refractivity contribution in [3.05, 3.63) is 29.8 Å². The summed E-state index contributed by atoms with van der Waals surface area (Å²) in [6, 6.07) is 7.17. The summed E-state index contributed by atoms with van der Waals surface area (Å²) in [5.74, 6) is -0.119. The summed E-state index contributed by atoms with van der Waals surface area (Å²) in [5, 5.41) is 17.5. The Bertz CT molecular complexity index is 472. The Labute approximate surface area is 130 Å². The van der Waals surface area contributed by atoms with Crippen LogP contribution in [0.1, 0.15) is 24.4 Å². The first kappa shape index (κ1) is 17.9. The third-order valence-electron chi connectivity index (χ3n) is 3.16. The second-order valence-electron chi connectivity index (χ2n) is 4.72. The summed E-state index contributed by atoms with van der Waals surface area (Å²) in [5.41, 5.74) is 1.65. The lowest BCUT2D eigenvalue weighted by atomic mass is 10.1. The molecular weight excluding hydrogens is 286 g/mol. The number of rotatable bonds is 8. The maximum atomic E-state index is 11.8. The average molecular weight is 309 g/mol. The summed E-state index contributed by atoms with van der Waals surface area (Å²) in [6.07, 6.45) is 0.339. The molecule has 0 aliphatic carbocycles. The molecule has 0 spiro atoms. The number of hydrogen-bond acceptors (Lipinski definition) is 5. The SMILES string of the molecule is CNC(CO)c1ccc(NC(=O)CCCNC(=O)OC)cc1. The second-order valence-corrected chi connectivity index (χ2v) is 4.72. The minimum absolute atomic E-state index is 0.00933. The van der Waals surface area contributed by atoms with Gasteiger partial charge in [0.05, 0.1) is 19.8 Å². The van der Waals surface area contributed by atoms with E-state index >= 15 is 0 Å². The van der Waals surface area contributed by atoms with Gasteiger partial charge in [-0.05, 0) is 31.2 Å². The topological polar surface area (TPSA) is 99.7 Å². The standard InChI is InChI=1S/C15H23N3O4/c1-16-13(10-19)11-5-7-12(8-6-11)18-14(20)4-3-9-17-15(21)22-2/h5-8,13,16,19H,3-4,9-10H2,1-2H3,(H,17,21)(H,18,20). The van der Waals surface area contributed by atoms with Crippen LogP contribution in [0.5, 0.6) is 0 Å². The molecule has 0 bridgehead atoms. The monoisotopic (exact) mass is 309 g/mol. The number of aliphatic hydroxyl groups excluding tert-OH is 1. The van der Waals surface area contributed by atoms with Crippen LogP contribution in [0.4, 0.5) is 10.5 Å². The first-order chi connectivity index (χ1) is 10.6. The van der Waals surface area contributed by atoms with Crippen LogP contribution >= 0.6 is 0 Å². The van der Waals surface area contributed by atoms with E-state index in [0.717, 1.165) is 5.56 Å². The summed E-state index contributed by atoms with van der Waals surface area (Å²) < 4.78 is 4.43. The van der Waals surface area contributed by atoms with Crippen LogP contribution in [0.2, 0.25) is 0 Å². The van der Waals surface area contributed by atoms with E-state index in [0.29, 0.717) is 25.1 Å². The number of ether oxygens (including phenoxy) is 1. The van der Waals surface area contributed by atoms with Gasteiger partial charge in [-0.25, -0.2) is 4.79 Å². The maximum absolute atomic E-state index is 11.8. The quantitative estimate of drug-likeness (QED) is 0.537. The van der Waals surface area contributed by atoms with Gasteiger partial charge in [0.25, 0.3) is 0 Å². The van der Waals surface area contributed by atoms with E-state index in [1.54, 1.807) is 19.2 Å². The van der Waals surface area contributed by atoms with Crippen molar-refractivity contribution in [1.82, 2.24) is 10.6 Å². The van der Waals surface area contributed by atoms with Crippen molar-refractivity contribution in [3.8, 4) is 0 Å². The van der Waals surface area contributed by atoms with Crippen LogP contribution in [0.15, 0.2) is 24.3 Å². The number of methoxy groups -OCH3 is 1. The number of carbonyl (C=O) groups excluding carboxylic acids is 2. The van der Waals surface area contributed by atoms with Crippen LogP contribution in [0.3, 0.4) is 0 Å². The smallest absolute Gasteiger partial charge is 0.406 e. The summed E-state index contributed by atoms with van der Waals surface area (Å²) in [6.45, 7) is 0.398. The minimum atomic E-state index is -0.501. The highest BCUT2D eigenvalue weighted by Gasteiger charge is 2.08. The number of aliphatic hydroxyl groups is 1. The van der Waals surface area contributed by atoms with E-state index in [9.17, 15) is 14.7 Å². The fourth-order valence-electron chi connectivity index (χ4n) is 1.90. The van der Waals surface area contributed by atoms with E-state index in [4.69, 9.17) is 0 Å². The molecule has 7 nitrogen and oxygen atoms in total. The Morgan fingerprint density at radius 3 is 2.50 bits per heavy atom. The third-order valence-corrected chi connectivity index (χ3v) is 3.16. The van der Waals surface area contributed by atoms with Gasteiger partial charge in [0.2, 0.25) is 5.91 Å². The van der Waals surface area contributed by atoms with E-state index < -0.39 is 6.09 Å². The lowest BCUT2D eigenvalue weighted by molar-refractivity contribution is -0.116. The summed E-state index contributed by atoms with van der Waals surface area (Å²) >= 11 is 0. The van der Waals surface area contributed by atoms with Crippen LogP contribution < -0.4 is 16.0 Å². The highest BCUT2D eigenvalue weighted by molar-refractivity contribution is 5.90. The van der Waals surface area contributed by atoms with Crippen molar-refractivity contribution in [3.63, 3.8) is 0 Å². The molecule has 4 N–H and O–H groups in total. The van der Waals surface area contributed by atoms with Crippen molar-refractivity contribution in [2.75, 3.05) is 32.6 Å². The Hall–Kier alpha value is -2.12. The summed E-state index contributed by atoms with van der Waals surface area (Å²) in [7, 11) is 3.07. The molecule has 1 aromatic carbocycles. The number of anilines is 1. The van der Waals surface area contributed by atoms with Gasteiger partial charge in [-0.1, -0.05) is 12.1 Å². The molecule has 122 valence electrons. The highest BCUT2D eigenvalue weighted by atomic mass is 16.5. The van der Waals surface area contributed by atoms with Gasteiger partial charge in [0, 0.05) is 18.7 Å². The Morgan fingerprint density at radius 2 is 1.95 bits per heavy atom. The molecular formula is C15H23N3O4. The van der Waals surface area contributed by atoms with E-state index in [2.05, 4.69) is 20.7 Å². The predicted octanol–water partition coefficient (Wildman–Crippen LogP) is 1.01. The first-order valence-electron chi connectivity index (χ1n) is 7.10. The Balaban J connectivity index is 2.37. The van der Waals surface area contributed by atoms with Gasteiger partial charge in [0.1, 0.15) is 0 Å². The van der Waals surface area contributed by atoms with E-state index in [1.165, 1.54) is 7.11 Å². The summed E-state index contributed by atoms with van der Waals surface area (Å²) in [4.78, 5) is 22.6. The lowest BCUT2D eigenvalue weighted by Crippen LogP contribution is -2.25. The third kappa shape index (κ3) is 6.11. The molecule has 0 radical (unpaired) electrons. The Kier molecular flexibility index (Phi) is 7.95. The number of alkyl carbamates (subject to hydrolysis) is 1. The average Bonchev–Trinajstić information content (AvgIpc) is 2.54. The first-order valence-corrected chi connectivity index (χ1v) is 7.10. The number of benzene rings is 1. The lowest BCUT2D eigenvalue weighted by Gasteiger charge is -2.14. The highest BCUT2D eigenvalue weighted by Crippen LogP contribution is 2.16. The van der Waals surface area contributed by atoms with Crippen molar-refractivity contribution in [1.29, 1.82) is 0 Å². The maximum Gasteiger partial charge on any atom is 0.406 e. The van der Waals surface area contributed by atoms with Crippen LogP contribution in [-0.2, 0) is 9.53 Å². The largest absolute Gasteiger partial charge is 0.453 e. The van der Waals surface area contributed by atoms with Crippen LogP contribution in [0.25, 0.3) is 0 Å². The van der Waals surface area contributed by atoms with Gasteiger partial charge in [-0.2, -0.15) is 0 Å². The van der Waals surface area contributed by atoms with Crippen molar-refractivity contribution in [2.24, 2.45) is 0 Å². The zero-order valence-electron chi connectivity index (χ0n) is 12.9. The Morgan fingerprint density at radius 1 is 1.27 bits per heavy atom. The van der Waals surface area contributed by atoms with E-state index in [1.807, 2.05) is 12.1 Å². The van der Waals surface area contributed by atoms with Gasteiger partial charge in [-0.15, -0.1) is 0 Å². The van der Waals surface area contributed by atoms with Gasteiger partial charge in [0.15, 0.2) is 0 Å². The normalized spacial score (nSPS) is 11.6. The molecule has 1 rings (SSSR count). The second kappa shape index (κ2) is 9.75. The zero-order valence-corrected chi connectivity index (χ0v) is 12.9. The van der Waals surface area contributed by atoms with E-state index in [-0.39, 0.29) is 18.6 Å². The van der Waals surface area contributed by atoms with Crippen molar-refractivity contribution >= 4 is 17.7 Å². The fraction of sp³-hybridized carbons (Fsp3) is 0.467. The number of likely N-dealkylation sites (N-methyl/N-ethyl adjacent to an activating group) is 1. The number of carbonyl (C=O) groups is 2. The van der Waals surface area contributed by atoms with Gasteiger partial charge >= 0.3 is 6.09 Å². The number of amides is 2. The number of hydrogen-bond donors (Lipinski definition) is 4. The predicted molar refractivity (Wildman–Crippen MR) is 83.6 cm³/mol. The molecule has 0 saturated carbocycles. The van der Waals surface area contributed by atoms with Crippen LogP contribution in [0, 0.1) is 0 Å². The molecule has 1 unspecified atom stereocenters. The minimum Gasteiger partial charge on any atom is -0.453 e. The molecule has 1 aromatic rings. The number of nitrogens with one attached hydrogen (secondary N) is 3. The molecule has 7 heteroatoms. The molecule has 0 fully saturated rings. The fourth-order valence-corrected chi connectivity index (χ4v) is 1.90. The molecule has 0 heterocycles. The van der Waals surface area contributed by atoms with Gasteiger partial charge < -0.3 is 25.8 Å². The molecule has 2 amide bonds. The molecule has 0 aliphatic rings. The molecule has 1 atom stereocenters. The van der Waals surface area contributed by atoms with Crippen molar-refractivity contribution < 1.29 is 19.4 Å².